The van der Waals surface area contributed by atoms with Crippen LogP contribution in [0, 0.1) is 0 Å². The molecule has 0 N–H and O–H groups in total. The summed E-state index contributed by atoms with van der Waals surface area (Å²) in [6.07, 6.45) is 0. The minimum absolute atomic E-state index is 0.530. The van der Waals surface area contributed by atoms with Gasteiger partial charge in [0.15, 0.2) is 5.76 Å². The summed E-state index contributed by atoms with van der Waals surface area (Å²) >= 11 is 0. The van der Waals surface area contributed by atoms with E-state index in [0.717, 1.165) is 11.3 Å². The first kappa shape index (κ1) is 11.7. The smallest absolute Gasteiger partial charge is 0.161 e. The van der Waals surface area contributed by atoms with Gasteiger partial charge in [-0.3, -0.25) is 0 Å². The Kier molecular flexibility index (Phi) is 4.24. The van der Waals surface area contributed by atoms with Crippen molar-refractivity contribution in [2.75, 3.05) is 21.3 Å². The molecule has 0 bridgehead atoms. The Labute approximate surface area is 93.1 Å². The lowest BCUT2D eigenvalue weighted by atomic mass is 10.1. The Morgan fingerprint density at radius 1 is 1.07 bits per heavy atom. The second-order valence-electron chi connectivity index (χ2n) is 2.77. The van der Waals surface area contributed by atoms with Gasteiger partial charge in [0.1, 0.15) is 21.4 Å². The monoisotopic (exact) mass is 221 g/mol. The van der Waals surface area contributed by atoms with Crippen molar-refractivity contribution in [3.63, 3.8) is 0 Å². The fraction of sp³-hybridized carbons (Fsp3) is 0.273. The molecule has 0 aliphatic heterocycles. The van der Waals surface area contributed by atoms with E-state index in [-0.39, 0.29) is 0 Å². The fourth-order valence-electron chi connectivity index (χ4n) is 1.25. The van der Waals surface area contributed by atoms with E-state index in [9.17, 15) is 0 Å². The summed E-state index contributed by atoms with van der Waals surface area (Å²) in [4.78, 5) is 0. The molecular weight excluding hydrogens is 208 g/mol. The molecule has 4 heteroatoms. The Bertz CT molecular complexity index is 361. The number of rotatable bonds is 4. The Hall–Kier alpha value is -1.42. The molecule has 0 atom stereocenters. The number of hydrogen-bond donors (Lipinski definition) is 0. The molecule has 0 heterocycles. The van der Waals surface area contributed by atoms with Gasteiger partial charge in [-0.1, -0.05) is 12.1 Å². The van der Waals surface area contributed by atoms with Crippen LogP contribution in [0.5, 0.6) is 5.75 Å². The van der Waals surface area contributed by atoms with Crippen molar-refractivity contribution in [2.45, 2.75) is 0 Å². The van der Waals surface area contributed by atoms with Crippen molar-refractivity contribution >= 4 is 16.0 Å². The topological polar surface area (TPSA) is 27.7 Å². The van der Waals surface area contributed by atoms with Crippen molar-refractivity contribution in [1.82, 2.24) is 0 Å². The quantitative estimate of drug-likeness (QED) is 0.573. The first-order valence-corrected chi connectivity index (χ1v) is 4.91. The van der Waals surface area contributed by atoms with Gasteiger partial charge in [-0.25, -0.2) is 0 Å². The molecular formula is C11H13O3Si. The maximum atomic E-state index is 5.26. The van der Waals surface area contributed by atoms with Crippen molar-refractivity contribution < 1.29 is 14.2 Å². The number of benzene rings is 1. The predicted octanol–water partition coefficient (Wildman–Crippen LogP) is 1.78. The van der Waals surface area contributed by atoms with Gasteiger partial charge in [0.05, 0.1) is 26.9 Å². The van der Waals surface area contributed by atoms with Crippen LogP contribution in [0.25, 0.3) is 5.76 Å². The number of methoxy groups -OCH3 is 3. The van der Waals surface area contributed by atoms with E-state index in [0.29, 0.717) is 11.1 Å². The minimum Gasteiger partial charge on any atom is -0.503 e. The van der Waals surface area contributed by atoms with Gasteiger partial charge < -0.3 is 14.2 Å². The molecule has 0 aliphatic carbocycles. The Morgan fingerprint density at radius 2 is 1.73 bits per heavy atom. The molecule has 1 aromatic carbocycles. The van der Waals surface area contributed by atoms with Crippen LogP contribution < -0.4 is 4.74 Å². The molecule has 79 valence electrons. The zero-order chi connectivity index (χ0) is 11.3. The van der Waals surface area contributed by atoms with E-state index < -0.39 is 0 Å². The highest BCUT2D eigenvalue weighted by Crippen LogP contribution is 2.27. The van der Waals surface area contributed by atoms with Crippen molar-refractivity contribution in [1.29, 1.82) is 0 Å². The zero-order valence-electron chi connectivity index (χ0n) is 9.03. The van der Waals surface area contributed by atoms with Crippen LogP contribution in [-0.2, 0) is 9.47 Å². The van der Waals surface area contributed by atoms with E-state index in [1.54, 1.807) is 21.3 Å². The second-order valence-corrected chi connectivity index (χ2v) is 3.22. The van der Waals surface area contributed by atoms with Gasteiger partial charge in [-0.15, -0.1) is 0 Å². The summed E-state index contributed by atoms with van der Waals surface area (Å²) in [5.74, 6) is 1.34. The molecule has 0 amide bonds. The van der Waals surface area contributed by atoms with E-state index in [2.05, 4.69) is 10.2 Å². The molecule has 0 aliphatic rings. The van der Waals surface area contributed by atoms with Crippen molar-refractivity contribution in [2.24, 2.45) is 0 Å². The molecule has 3 radical (unpaired) electrons. The third-order valence-electron chi connectivity index (χ3n) is 1.97. The second kappa shape index (κ2) is 5.46. The first-order valence-electron chi connectivity index (χ1n) is 4.41. The highest BCUT2D eigenvalue weighted by atomic mass is 28.1. The standard InChI is InChI=1S/C11H13O3Si/c1-12-9-7-5-4-6-8(9)10(13-2)11(15)14-3/h4-7H,1-3H3. The molecule has 1 aromatic rings. The van der Waals surface area contributed by atoms with Crippen LogP contribution >= 0.6 is 0 Å². The van der Waals surface area contributed by atoms with Crippen LogP contribution in [-0.4, -0.2) is 31.6 Å². The van der Waals surface area contributed by atoms with Crippen LogP contribution in [0.15, 0.2) is 29.6 Å². The number of ether oxygens (including phenoxy) is 3. The summed E-state index contributed by atoms with van der Waals surface area (Å²) in [5.41, 5.74) is 0.842. The van der Waals surface area contributed by atoms with Crippen molar-refractivity contribution in [3.8, 4) is 5.75 Å². The van der Waals surface area contributed by atoms with Crippen LogP contribution in [0.4, 0.5) is 0 Å². The van der Waals surface area contributed by atoms with E-state index in [4.69, 9.17) is 14.2 Å². The maximum Gasteiger partial charge on any atom is 0.161 e. The van der Waals surface area contributed by atoms with Crippen LogP contribution in [0.3, 0.4) is 0 Å². The van der Waals surface area contributed by atoms with E-state index in [1.807, 2.05) is 24.3 Å². The summed E-state index contributed by atoms with van der Waals surface area (Å²) < 4.78 is 15.6. The van der Waals surface area contributed by atoms with Gasteiger partial charge in [0.2, 0.25) is 0 Å². The fourth-order valence-corrected chi connectivity index (χ4v) is 1.49. The molecule has 0 saturated heterocycles. The zero-order valence-corrected chi connectivity index (χ0v) is 10.0. The van der Waals surface area contributed by atoms with Gasteiger partial charge >= 0.3 is 0 Å². The highest BCUT2D eigenvalue weighted by Gasteiger charge is 2.11. The summed E-state index contributed by atoms with van der Waals surface area (Å²) in [6.45, 7) is 0. The summed E-state index contributed by atoms with van der Waals surface area (Å²) in [7, 11) is 8.10. The minimum atomic E-state index is 0.530. The normalized spacial score (nSPS) is 11.7. The SMILES string of the molecule is COC([Si])=C(OC)c1ccccc1OC. The number of para-hydroxylation sites is 1. The molecule has 15 heavy (non-hydrogen) atoms. The lowest BCUT2D eigenvalue weighted by molar-refractivity contribution is 0.289. The van der Waals surface area contributed by atoms with Crippen LogP contribution in [0.1, 0.15) is 5.56 Å². The van der Waals surface area contributed by atoms with E-state index in [1.165, 1.54) is 0 Å². The Morgan fingerprint density at radius 3 is 2.27 bits per heavy atom. The first-order chi connectivity index (χ1) is 7.24. The highest BCUT2D eigenvalue weighted by molar-refractivity contribution is 6.23. The lowest BCUT2D eigenvalue weighted by Crippen LogP contribution is -1.99. The third kappa shape index (κ3) is 2.53. The van der Waals surface area contributed by atoms with E-state index >= 15 is 0 Å². The van der Waals surface area contributed by atoms with Gasteiger partial charge in [-0.05, 0) is 12.1 Å². The molecule has 3 nitrogen and oxygen atoms in total. The largest absolute Gasteiger partial charge is 0.503 e. The molecule has 1 rings (SSSR count). The summed E-state index contributed by atoms with van der Waals surface area (Å²) in [6, 6.07) is 7.57. The lowest BCUT2D eigenvalue weighted by Gasteiger charge is -2.13. The van der Waals surface area contributed by atoms with Gasteiger partial charge in [0.25, 0.3) is 0 Å². The third-order valence-corrected chi connectivity index (χ3v) is 2.40. The van der Waals surface area contributed by atoms with Crippen molar-refractivity contribution in [3.05, 3.63) is 35.2 Å². The molecule has 0 unspecified atom stereocenters. The summed E-state index contributed by atoms with van der Waals surface area (Å²) in [5, 5.41) is 0.530. The average Bonchev–Trinajstić information content (AvgIpc) is 2.30. The Balaban J connectivity index is 3.24. The number of hydrogen-bond acceptors (Lipinski definition) is 3. The maximum absolute atomic E-state index is 5.26. The average molecular weight is 221 g/mol. The molecule has 0 fully saturated rings. The van der Waals surface area contributed by atoms with Gasteiger partial charge in [0, 0.05) is 0 Å². The van der Waals surface area contributed by atoms with Gasteiger partial charge in [-0.2, -0.15) is 0 Å². The molecule has 0 saturated carbocycles. The van der Waals surface area contributed by atoms with Crippen LogP contribution in [0.2, 0.25) is 0 Å². The predicted molar refractivity (Wildman–Crippen MR) is 59.7 cm³/mol. The molecule has 0 aromatic heterocycles. The molecule has 0 spiro atoms.